The number of rotatable bonds is 2. The van der Waals surface area contributed by atoms with Crippen molar-refractivity contribution in [3.8, 4) is 0 Å². The highest BCUT2D eigenvalue weighted by atomic mass is 19.1. The van der Waals surface area contributed by atoms with Gasteiger partial charge in [0.15, 0.2) is 5.82 Å². The van der Waals surface area contributed by atoms with Crippen molar-refractivity contribution in [3.63, 3.8) is 0 Å². The maximum atomic E-state index is 12.4. The number of carbonyl (C=O) groups is 1. The predicted molar refractivity (Wildman–Crippen MR) is 47.0 cm³/mol. The fourth-order valence-corrected chi connectivity index (χ4v) is 1.28. The molecule has 1 aromatic heterocycles. The molecule has 0 aliphatic carbocycles. The van der Waals surface area contributed by atoms with Gasteiger partial charge in [-0.1, -0.05) is 0 Å². The highest BCUT2D eigenvalue weighted by Crippen LogP contribution is 2.06. The van der Waals surface area contributed by atoms with Gasteiger partial charge in [-0.25, -0.2) is 14.4 Å². The van der Waals surface area contributed by atoms with Crippen LogP contribution in [0.25, 0.3) is 0 Å². The smallest absolute Gasteiger partial charge is 0.223 e. The van der Waals surface area contributed by atoms with E-state index >= 15 is 0 Å². The van der Waals surface area contributed by atoms with Crippen LogP contribution >= 0.6 is 0 Å². The summed E-state index contributed by atoms with van der Waals surface area (Å²) in [6.07, 6.45) is 2.57. The predicted octanol–water partition coefficient (Wildman–Crippen LogP) is -0.0839. The first-order valence-electron chi connectivity index (χ1n) is 4.25. The lowest BCUT2D eigenvalue weighted by atomic mass is 10.3. The molecule has 1 fully saturated rings. The molecular weight excluding hydrogens is 187 g/mol. The Labute approximate surface area is 79.8 Å². The van der Waals surface area contributed by atoms with Crippen LogP contribution in [0.15, 0.2) is 12.4 Å². The quantitative estimate of drug-likeness (QED) is 0.694. The normalized spacial score (nSPS) is 20.6. The van der Waals surface area contributed by atoms with Gasteiger partial charge in [0.2, 0.25) is 11.9 Å². The second-order valence-electron chi connectivity index (χ2n) is 3.07. The van der Waals surface area contributed by atoms with Gasteiger partial charge < -0.3 is 10.6 Å². The number of aromatic nitrogens is 2. The first kappa shape index (κ1) is 8.86. The van der Waals surface area contributed by atoms with Crippen molar-refractivity contribution >= 4 is 11.9 Å². The number of halogens is 1. The van der Waals surface area contributed by atoms with Gasteiger partial charge in [-0.2, -0.15) is 0 Å². The largest absolute Gasteiger partial charge is 0.354 e. The first-order valence-corrected chi connectivity index (χ1v) is 4.25. The van der Waals surface area contributed by atoms with E-state index in [-0.39, 0.29) is 11.9 Å². The molecule has 1 amide bonds. The zero-order valence-corrected chi connectivity index (χ0v) is 7.33. The number of carbonyl (C=O) groups excluding carboxylic acids is 1. The molecule has 0 spiro atoms. The minimum absolute atomic E-state index is 0.00427. The van der Waals surface area contributed by atoms with E-state index in [9.17, 15) is 9.18 Å². The highest BCUT2D eigenvalue weighted by molar-refractivity contribution is 5.79. The molecule has 1 saturated heterocycles. The molecule has 6 heteroatoms. The number of amides is 1. The Morgan fingerprint density at radius 3 is 2.79 bits per heavy atom. The molecule has 2 heterocycles. The average Bonchev–Trinajstić information content (AvgIpc) is 2.56. The van der Waals surface area contributed by atoms with E-state index in [1.54, 1.807) is 0 Å². The van der Waals surface area contributed by atoms with Crippen molar-refractivity contribution in [2.45, 2.75) is 12.5 Å². The number of nitrogens with one attached hydrogen (secondary N) is 2. The molecule has 0 saturated carbocycles. The second kappa shape index (κ2) is 3.57. The Morgan fingerprint density at radius 1 is 1.50 bits per heavy atom. The Kier molecular flexibility index (Phi) is 2.26. The van der Waals surface area contributed by atoms with Crippen LogP contribution in [-0.4, -0.2) is 28.5 Å². The van der Waals surface area contributed by atoms with Crippen LogP contribution in [0.3, 0.4) is 0 Å². The third-order valence-corrected chi connectivity index (χ3v) is 1.93. The molecule has 1 aromatic rings. The van der Waals surface area contributed by atoms with Gasteiger partial charge >= 0.3 is 0 Å². The fraction of sp³-hybridized carbons (Fsp3) is 0.375. The Morgan fingerprint density at radius 2 is 2.21 bits per heavy atom. The lowest BCUT2D eigenvalue weighted by Crippen LogP contribution is -2.23. The molecular formula is C8H9FN4O. The summed E-state index contributed by atoms with van der Waals surface area (Å²) in [7, 11) is 0. The van der Waals surface area contributed by atoms with E-state index in [1.807, 2.05) is 0 Å². The van der Waals surface area contributed by atoms with Crippen LogP contribution in [-0.2, 0) is 4.79 Å². The Hall–Kier alpha value is -1.72. The Bertz CT molecular complexity index is 340. The summed E-state index contributed by atoms with van der Waals surface area (Å²) >= 11 is 0. The van der Waals surface area contributed by atoms with Crippen LogP contribution in [0.4, 0.5) is 10.3 Å². The summed E-state index contributed by atoms with van der Waals surface area (Å²) in [5.41, 5.74) is 0. The lowest BCUT2D eigenvalue weighted by Gasteiger charge is -2.08. The SMILES string of the molecule is O=C1CC(Nc2ncc(F)cn2)CN1. The number of nitrogens with zero attached hydrogens (tertiary/aromatic N) is 2. The van der Waals surface area contributed by atoms with Crippen LogP contribution in [0, 0.1) is 5.82 Å². The number of hydrogen-bond donors (Lipinski definition) is 2. The van der Waals surface area contributed by atoms with Gasteiger partial charge in [0, 0.05) is 13.0 Å². The minimum Gasteiger partial charge on any atom is -0.354 e. The molecule has 14 heavy (non-hydrogen) atoms. The Balaban J connectivity index is 1.97. The van der Waals surface area contributed by atoms with E-state index in [0.717, 1.165) is 12.4 Å². The van der Waals surface area contributed by atoms with Gasteiger partial charge in [-0.15, -0.1) is 0 Å². The summed E-state index contributed by atoms with van der Waals surface area (Å²) in [6.45, 7) is 0.555. The van der Waals surface area contributed by atoms with Gasteiger partial charge in [0.05, 0.1) is 18.4 Å². The monoisotopic (exact) mass is 196 g/mol. The molecule has 0 aromatic carbocycles. The summed E-state index contributed by atoms with van der Waals surface area (Å²) in [6, 6.07) is -0.00652. The first-order chi connectivity index (χ1) is 6.74. The molecule has 1 aliphatic rings. The van der Waals surface area contributed by atoms with Crippen molar-refractivity contribution in [2.75, 3.05) is 11.9 Å². The molecule has 1 unspecified atom stereocenters. The number of hydrogen-bond acceptors (Lipinski definition) is 4. The van der Waals surface area contributed by atoms with Crippen molar-refractivity contribution in [1.29, 1.82) is 0 Å². The average molecular weight is 196 g/mol. The molecule has 0 bridgehead atoms. The van der Waals surface area contributed by atoms with Gasteiger partial charge in [0.25, 0.3) is 0 Å². The third-order valence-electron chi connectivity index (χ3n) is 1.93. The molecule has 5 nitrogen and oxygen atoms in total. The van der Waals surface area contributed by atoms with E-state index in [0.29, 0.717) is 18.9 Å². The van der Waals surface area contributed by atoms with Crippen molar-refractivity contribution in [3.05, 3.63) is 18.2 Å². The maximum absolute atomic E-state index is 12.4. The lowest BCUT2D eigenvalue weighted by molar-refractivity contribution is -0.119. The van der Waals surface area contributed by atoms with E-state index in [4.69, 9.17) is 0 Å². The molecule has 0 radical (unpaired) electrons. The molecule has 2 rings (SSSR count). The molecule has 74 valence electrons. The fourth-order valence-electron chi connectivity index (χ4n) is 1.28. The van der Waals surface area contributed by atoms with E-state index in [1.165, 1.54) is 0 Å². The van der Waals surface area contributed by atoms with Crippen molar-refractivity contribution in [1.82, 2.24) is 15.3 Å². The second-order valence-corrected chi connectivity index (χ2v) is 3.07. The van der Waals surface area contributed by atoms with Crippen LogP contribution in [0.1, 0.15) is 6.42 Å². The van der Waals surface area contributed by atoms with Crippen molar-refractivity contribution < 1.29 is 9.18 Å². The molecule has 1 atom stereocenters. The zero-order valence-electron chi connectivity index (χ0n) is 7.33. The standard InChI is InChI=1S/C8H9FN4O/c9-5-2-11-8(12-3-5)13-6-1-7(14)10-4-6/h2-3,6H,1,4H2,(H,10,14)(H,11,12,13). The van der Waals surface area contributed by atoms with E-state index < -0.39 is 5.82 Å². The van der Waals surface area contributed by atoms with Crippen LogP contribution in [0.2, 0.25) is 0 Å². The summed E-state index contributed by atoms with van der Waals surface area (Å²) in [5, 5.41) is 5.60. The third kappa shape index (κ3) is 1.95. The van der Waals surface area contributed by atoms with Crippen molar-refractivity contribution in [2.24, 2.45) is 0 Å². The summed E-state index contributed by atoms with van der Waals surface area (Å²) < 4.78 is 12.4. The summed E-state index contributed by atoms with van der Waals surface area (Å²) in [5.74, 6) is -0.131. The summed E-state index contributed by atoms with van der Waals surface area (Å²) in [4.78, 5) is 18.3. The van der Waals surface area contributed by atoms with Crippen LogP contribution < -0.4 is 10.6 Å². The van der Waals surface area contributed by atoms with Crippen LogP contribution in [0.5, 0.6) is 0 Å². The van der Waals surface area contributed by atoms with Gasteiger partial charge in [-0.3, -0.25) is 4.79 Å². The minimum atomic E-state index is -0.476. The highest BCUT2D eigenvalue weighted by Gasteiger charge is 2.21. The molecule has 2 N–H and O–H groups in total. The zero-order chi connectivity index (χ0) is 9.97. The van der Waals surface area contributed by atoms with Gasteiger partial charge in [-0.05, 0) is 0 Å². The maximum Gasteiger partial charge on any atom is 0.223 e. The molecule has 1 aliphatic heterocycles. The van der Waals surface area contributed by atoms with Gasteiger partial charge in [0.1, 0.15) is 0 Å². The number of anilines is 1. The topological polar surface area (TPSA) is 66.9 Å². The van der Waals surface area contributed by atoms with E-state index in [2.05, 4.69) is 20.6 Å².